The Balaban J connectivity index is 2.20. The van der Waals surface area contributed by atoms with E-state index in [-0.39, 0.29) is 0 Å². The molecule has 0 fully saturated rings. The van der Waals surface area contributed by atoms with Gasteiger partial charge in [-0.15, -0.1) is 0 Å². The highest BCUT2D eigenvalue weighted by atomic mass is 35.5. The third kappa shape index (κ3) is 2.98. The largest absolute Gasteiger partial charge is 0.495 e. The molecule has 0 heterocycles. The zero-order valence-electron chi connectivity index (χ0n) is 9.68. The van der Waals surface area contributed by atoms with Crippen molar-refractivity contribution < 1.29 is 4.74 Å². The Morgan fingerprint density at radius 3 is 2.39 bits per heavy atom. The highest BCUT2D eigenvalue weighted by Gasteiger charge is 2.03. The molecule has 4 heteroatoms. The number of nitriles is 1. The van der Waals surface area contributed by atoms with Crippen LogP contribution in [0, 0.1) is 11.3 Å². The van der Waals surface area contributed by atoms with E-state index in [4.69, 9.17) is 21.6 Å². The zero-order valence-corrected chi connectivity index (χ0v) is 11.3. The molecule has 18 heavy (non-hydrogen) atoms. The molecule has 0 aliphatic rings. The fraction of sp³-hybridized carbons (Fsp3) is 0.0714. The molecule has 0 radical (unpaired) electrons. The first-order chi connectivity index (χ1) is 8.72. The van der Waals surface area contributed by atoms with Crippen LogP contribution in [-0.4, -0.2) is 7.11 Å². The molecule has 0 saturated carbocycles. The van der Waals surface area contributed by atoms with Gasteiger partial charge in [0.05, 0.1) is 23.8 Å². The average molecular weight is 276 g/mol. The molecular formula is C14H10ClNOS. The molecule has 0 saturated heterocycles. The predicted molar refractivity (Wildman–Crippen MR) is 73.3 cm³/mol. The summed E-state index contributed by atoms with van der Waals surface area (Å²) in [7, 11) is 1.59. The van der Waals surface area contributed by atoms with Gasteiger partial charge in [0.1, 0.15) is 5.75 Å². The van der Waals surface area contributed by atoms with Gasteiger partial charge < -0.3 is 4.74 Å². The van der Waals surface area contributed by atoms with Crippen molar-refractivity contribution in [2.45, 2.75) is 9.79 Å². The standard InChI is InChI=1S/C14H10ClNOS/c1-17-14-8-12(6-7-13(14)15)18-11-4-2-10(9-16)3-5-11/h2-8H,1H3. The van der Waals surface area contributed by atoms with E-state index in [1.807, 2.05) is 30.3 Å². The van der Waals surface area contributed by atoms with Gasteiger partial charge in [-0.25, -0.2) is 0 Å². The maximum atomic E-state index is 8.73. The lowest BCUT2D eigenvalue weighted by Gasteiger charge is -2.06. The average Bonchev–Trinajstić information content (AvgIpc) is 2.42. The zero-order chi connectivity index (χ0) is 13.0. The summed E-state index contributed by atoms with van der Waals surface area (Å²) in [5.41, 5.74) is 0.660. The summed E-state index contributed by atoms with van der Waals surface area (Å²) in [6.45, 7) is 0. The lowest BCUT2D eigenvalue weighted by molar-refractivity contribution is 0.414. The molecule has 0 spiro atoms. The minimum absolute atomic E-state index is 0.599. The Kier molecular flexibility index (Phi) is 4.14. The number of rotatable bonds is 3. The smallest absolute Gasteiger partial charge is 0.138 e. The molecule has 0 aliphatic carbocycles. The van der Waals surface area contributed by atoms with Crippen molar-refractivity contribution in [2.24, 2.45) is 0 Å². The summed E-state index contributed by atoms with van der Waals surface area (Å²) in [6.07, 6.45) is 0. The highest BCUT2D eigenvalue weighted by Crippen LogP contribution is 2.33. The summed E-state index contributed by atoms with van der Waals surface area (Å²) in [6, 6.07) is 15.2. The summed E-state index contributed by atoms with van der Waals surface area (Å²) in [5.74, 6) is 0.662. The quantitative estimate of drug-likeness (QED) is 0.834. The first-order valence-electron chi connectivity index (χ1n) is 5.24. The van der Waals surface area contributed by atoms with Crippen LogP contribution in [0.3, 0.4) is 0 Å². The van der Waals surface area contributed by atoms with Crippen molar-refractivity contribution in [1.82, 2.24) is 0 Å². The number of halogens is 1. The first kappa shape index (κ1) is 12.8. The second kappa shape index (κ2) is 5.81. The highest BCUT2D eigenvalue weighted by molar-refractivity contribution is 7.99. The SMILES string of the molecule is COc1cc(Sc2ccc(C#N)cc2)ccc1Cl. The Hall–Kier alpha value is -1.63. The summed E-state index contributed by atoms with van der Waals surface area (Å²) in [5, 5.41) is 9.33. The minimum atomic E-state index is 0.599. The third-order valence-electron chi connectivity index (χ3n) is 2.34. The molecule has 0 aromatic heterocycles. The number of hydrogen-bond donors (Lipinski definition) is 0. The van der Waals surface area contributed by atoms with Gasteiger partial charge in [0.15, 0.2) is 0 Å². The minimum Gasteiger partial charge on any atom is -0.495 e. The van der Waals surface area contributed by atoms with Gasteiger partial charge in [-0.2, -0.15) is 5.26 Å². The summed E-state index contributed by atoms with van der Waals surface area (Å²) >= 11 is 7.57. The van der Waals surface area contributed by atoms with E-state index in [1.54, 1.807) is 31.0 Å². The topological polar surface area (TPSA) is 33.0 Å². The van der Waals surface area contributed by atoms with Crippen LogP contribution < -0.4 is 4.74 Å². The van der Waals surface area contributed by atoms with Crippen LogP contribution in [-0.2, 0) is 0 Å². The van der Waals surface area contributed by atoms with Crippen molar-refractivity contribution in [3.8, 4) is 11.8 Å². The van der Waals surface area contributed by atoms with Crippen LogP contribution >= 0.6 is 23.4 Å². The Morgan fingerprint density at radius 1 is 1.11 bits per heavy atom. The van der Waals surface area contributed by atoms with Gasteiger partial charge in [-0.3, -0.25) is 0 Å². The van der Waals surface area contributed by atoms with Gasteiger partial charge in [0.2, 0.25) is 0 Å². The van der Waals surface area contributed by atoms with Crippen LogP contribution in [0.1, 0.15) is 5.56 Å². The van der Waals surface area contributed by atoms with Crippen LogP contribution in [0.5, 0.6) is 5.75 Å². The molecule has 0 aliphatic heterocycles. The van der Waals surface area contributed by atoms with Gasteiger partial charge in [-0.05, 0) is 42.5 Å². The van der Waals surface area contributed by atoms with Crippen LogP contribution in [0.15, 0.2) is 52.3 Å². The van der Waals surface area contributed by atoms with Crippen molar-refractivity contribution in [3.63, 3.8) is 0 Å². The Labute approximate surface area is 115 Å². The second-order valence-electron chi connectivity index (χ2n) is 3.53. The maximum Gasteiger partial charge on any atom is 0.138 e. The Bertz CT molecular complexity index is 590. The monoisotopic (exact) mass is 275 g/mol. The molecule has 0 atom stereocenters. The van der Waals surface area contributed by atoms with Gasteiger partial charge in [0.25, 0.3) is 0 Å². The molecule has 0 unspecified atom stereocenters. The van der Waals surface area contributed by atoms with E-state index >= 15 is 0 Å². The molecular weight excluding hydrogens is 266 g/mol. The fourth-order valence-electron chi connectivity index (χ4n) is 1.44. The van der Waals surface area contributed by atoms with Crippen molar-refractivity contribution in [3.05, 3.63) is 53.1 Å². The number of nitrogens with zero attached hydrogens (tertiary/aromatic N) is 1. The first-order valence-corrected chi connectivity index (χ1v) is 6.44. The van der Waals surface area contributed by atoms with Gasteiger partial charge in [-0.1, -0.05) is 23.4 Å². The lowest BCUT2D eigenvalue weighted by atomic mass is 10.2. The van der Waals surface area contributed by atoms with E-state index in [0.717, 1.165) is 9.79 Å². The number of hydrogen-bond acceptors (Lipinski definition) is 3. The summed E-state index contributed by atoms with van der Waals surface area (Å²) < 4.78 is 5.17. The molecule has 0 amide bonds. The predicted octanol–water partition coefficient (Wildman–Crippen LogP) is 4.37. The second-order valence-corrected chi connectivity index (χ2v) is 5.09. The fourth-order valence-corrected chi connectivity index (χ4v) is 2.48. The van der Waals surface area contributed by atoms with Crippen LogP contribution in [0.25, 0.3) is 0 Å². The number of benzene rings is 2. The maximum absolute atomic E-state index is 8.73. The van der Waals surface area contributed by atoms with Crippen molar-refractivity contribution in [1.29, 1.82) is 5.26 Å². The van der Waals surface area contributed by atoms with E-state index in [0.29, 0.717) is 16.3 Å². The van der Waals surface area contributed by atoms with Gasteiger partial charge in [0, 0.05) is 9.79 Å². The molecule has 2 aromatic carbocycles. The van der Waals surface area contributed by atoms with E-state index in [9.17, 15) is 0 Å². The van der Waals surface area contributed by atoms with E-state index in [2.05, 4.69) is 6.07 Å². The van der Waals surface area contributed by atoms with Gasteiger partial charge >= 0.3 is 0 Å². The molecule has 90 valence electrons. The number of methoxy groups -OCH3 is 1. The van der Waals surface area contributed by atoms with Crippen LogP contribution in [0.4, 0.5) is 0 Å². The normalized spacial score (nSPS) is 9.83. The molecule has 2 aromatic rings. The van der Waals surface area contributed by atoms with E-state index < -0.39 is 0 Å². The molecule has 0 N–H and O–H groups in total. The molecule has 0 bridgehead atoms. The summed E-state index contributed by atoms with van der Waals surface area (Å²) in [4.78, 5) is 2.11. The lowest BCUT2D eigenvalue weighted by Crippen LogP contribution is -1.84. The molecule has 2 nitrogen and oxygen atoms in total. The molecule has 2 rings (SSSR count). The van der Waals surface area contributed by atoms with Crippen molar-refractivity contribution >= 4 is 23.4 Å². The third-order valence-corrected chi connectivity index (χ3v) is 3.65. The van der Waals surface area contributed by atoms with Crippen LogP contribution in [0.2, 0.25) is 5.02 Å². The Morgan fingerprint density at radius 2 is 1.78 bits per heavy atom. The number of ether oxygens (including phenoxy) is 1. The van der Waals surface area contributed by atoms with E-state index in [1.165, 1.54) is 0 Å². The van der Waals surface area contributed by atoms with Crippen molar-refractivity contribution in [2.75, 3.05) is 7.11 Å².